The molecule has 1 heterocycles. The van der Waals surface area contributed by atoms with Crippen LogP contribution in [0.4, 0.5) is 0 Å². The van der Waals surface area contributed by atoms with Crippen LogP contribution in [0.3, 0.4) is 0 Å². The van der Waals surface area contributed by atoms with Gasteiger partial charge in [-0.05, 0) is 52.0 Å². The number of benzene rings is 1. The minimum absolute atomic E-state index is 0.0566. The molecular formula is C17H19BrN2O2S. The molecule has 0 radical (unpaired) electrons. The van der Waals surface area contributed by atoms with Gasteiger partial charge in [-0.3, -0.25) is 4.79 Å². The molecule has 0 aliphatic rings. The number of hydrogen-bond donors (Lipinski definition) is 1. The van der Waals surface area contributed by atoms with Crippen molar-refractivity contribution in [3.63, 3.8) is 0 Å². The Balaban J connectivity index is 1.86. The highest BCUT2D eigenvalue weighted by molar-refractivity contribution is 9.11. The molecule has 0 saturated heterocycles. The van der Waals surface area contributed by atoms with E-state index < -0.39 is 0 Å². The van der Waals surface area contributed by atoms with Crippen LogP contribution in [0.15, 0.2) is 45.3 Å². The van der Waals surface area contributed by atoms with E-state index in [1.54, 1.807) is 17.6 Å². The van der Waals surface area contributed by atoms with Crippen molar-refractivity contribution in [1.29, 1.82) is 0 Å². The predicted molar refractivity (Wildman–Crippen MR) is 98.4 cm³/mol. The van der Waals surface area contributed by atoms with E-state index in [1.807, 2.05) is 36.4 Å². The highest BCUT2D eigenvalue weighted by atomic mass is 79.9. The predicted octanol–water partition coefficient (Wildman–Crippen LogP) is 4.55. The summed E-state index contributed by atoms with van der Waals surface area (Å²) in [4.78, 5) is 12.8. The van der Waals surface area contributed by atoms with Gasteiger partial charge in [0.1, 0.15) is 5.75 Å². The molecule has 122 valence electrons. The van der Waals surface area contributed by atoms with E-state index in [1.165, 1.54) is 0 Å². The number of thiophene rings is 1. The van der Waals surface area contributed by atoms with Crippen molar-refractivity contribution in [1.82, 2.24) is 5.43 Å². The van der Waals surface area contributed by atoms with Crippen molar-refractivity contribution in [3.8, 4) is 5.75 Å². The molecule has 1 N–H and O–H groups in total. The maximum absolute atomic E-state index is 11.8. The van der Waals surface area contributed by atoms with Crippen molar-refractivity contribution in [2.45, 2.75) is 26.2 Å². The monoisotopic (exact) mass is 394 g/mol. The quantitative estimate of drug-likeness (QED) is 0.552. The summed E-state index contributed by atoms with van der Waals surface area (Å²) >= 11 is 4.92. The van der Waals surface area contributed by atoms with Gasteiger partial charge in [-0.25, -0.2) is 5.43 Å². The van der Waals surface area contributed by atoms with Crippen LogP contribution >= 0.6 is 27.3 Å². The summed E-state index contributed by atoms with van der Waals surface area (Å²) in [6.45, 7) is 4.22. The first-order chi connectivity index (χ1) is 11.1. The normalized spacial score (nSPS) is 12.3. The van der Waals surface area contributed by atoms with E-state index in [0.29, 0.717) is 5.92 Å². The Morgan fingerprint density at radius 2 is 2.17 bits per heavy atom. The number of halogens is 1. The molecule has 0 aliphatic carbocycles. The third-order valence-corrected chi connectivity index (χ3v) is 4.95. The number of carbonyl (C=O) groups is 1. The topological polar surface area (TPSA) is 50.7 Å². The molecule has 1 aromatic carbocycles. The first-order valence-corrected chi connectivity index (χ1v) is 9.00. The number of amides is 1. The number of nitrogens with zero attached hydrogens (tertiary/aromatic N) is 1. The zero-order valence-electron chi connectivity index (χ0n) is 13.1. The number of carbonyl (C=O) groups excluding carboxylic acids is 1. The molecule has 0 spiro atoms. The lowest BCUT2D eigenvalue weighted by Gasteiger charge is -2.15. The van der Waals surface area contributed by atoms with Gasteiger partial charge >= 0.3 is 0 Å². The average molecular weight is 395 g/mol. The second-order valence-corrected chi connectivity index (χ2v) is 7.57. The third kappa shape index (κ3) is 5.48. The maximum atomic E-state index is 11.8. The van der Waals surface area contributed by atoms with Crippen LogP contribution in [0.5, 0.6) is 5.75 Å². The van der Waals surface area contributed by atoms with Crippen LogP contribution < -0.4 is 10.2 Å². The Labute approximate surface area is 148 Å². The fourth-order valence-corrected chi connectivity index (χ4v) is 3.28. The van der Waals surface area contributed by atoms with Crippen molar-refractivity contribution in [2.75, 3.05) is 6.61 Å². The minimum Gasteiger partial charge on any atom is -0.483 e. The molecule has 4 nitrogen and oxygen atoms in total. The maximum Gasteiger partial charge on any atom is 0.277 e. The van der Waals surface area contributed by atoms with E-state index in [9.17, 15) is 4.79 Å². The summed E-state index contributed by atoms with van der Waals surface area (Å²) in [6.07, 6.45) is 2.63. The molecule has 1 amide bonds. The number of nitrogens with one attached hydrogen (secondary N) is 1. The number of ether oxygens (including phenoxy) is 1. The Morgan fingerprint density at radius 1 is 1.39 bits per heavy atom. The van der Waals surface area contributed by atoms with E-state index in [4.69, 9.17) is 4.74 Å². The van der Waals surface area contributed by atoms with E-state index in [0.717, 1.165) is 26.4 Å². The van der Waals surface area contributed by atoms with Crippen molar-refractivity contribution in [2.24, 2.45) is 5.10 Å². The van der Waals surface area contributed by atoms with E-state index in [2.05, 4.69) is 40.3 Å². The Morgan fingerprint density at radius 3 is 2.87 bits per heavy atom. The van der Waals surface area contributed by atoms with Crippen LogP contribution in [-0.4, -0.2) is 18.7 Å². The van der Waals surface area contributed by atoms with E-state index in [-0.39, 0.29) is 12.5 Å². The fourth-order valence-electron chi connectivity index (χ4n) is 1.98. The van der Waals surface area contributed by atoms with Gasteiger partial charge in [0.05, 0.1) is 10.0 Å². The molecule has 6 heteroatoms. The van der Waals surface area contributed by atoms with Crippen molar-refractivity contribution in [3.05, 3.63) is 50.6 Å². The minimum atomic E-state index is -0.282. The molecule has 1 unspecified atom stereocenters. The molecule has 2 rings (SSSR count). The van der Waals surface area contributed by atoms with Crippen LogP contribution in [0.25, 0.3) is 0 Å². The Kier molecular flexibility index (Phi) is 6.80. The Bertz CT molecular complexity index is 685. The second-order valence-electron chi connectivity index (χ2n) is 5.07. The standard InChI is InChI=1S/C17H19BrN2O2S/c1-3-12(2)14-6-4-5-7-15(14)22-11-17(21)20-19-10-13-8-9-16(18)23-13/h4-10,12H,3,11H2,1-2H3,(H,20,21)/b19-10+. The number of rotatable bonds is 7. The molecule has 0 bridgehead atoms. The van der Waals surface area contributed by atoms with Crippen LogP contribution in [0.1, 0.15) is 36.6 Å². The summed E-state index contributed by atoms with van der Waals surface area (Å²) in [5.74, 6) is 0.864. The molecule has 0 aliphatic heterocycles. The largest absolute Gasteiger partial charge is 0.483 e. The average Bonchev–Trinajstić information content (AvgIpc) is 2.98. The van der Waals surface area contributed by atoms with Crippen LogP contribution in [0.2, 0.25) is 0 Å². The molecule has 1 aromatic heterocycles. The lowest BCUT2D eigenvalue weighted by molar-refractivity contribution is -0.123. The third-order valence-electron chi connectivity index (χ3n) is 3.40. The highest BCUT2D eigenvalue weighted by Gasteiger charge is 2.10. The molecule has 0 saturated carbocycles. The number of hydrogen-bond acceptors (Lipinski definition) is 4. The molecule has 1 atom stereocenters. The summed E-state index contributed by atoms with van der Waals surface area (Å²) in [5.41, 5.74) is 3.59. The van der Waals surface area contributed by atoms with Crippen molar-refractivity contribution < 1.29 is 9.53 Å². The smallest absolute Gasteiger partial charge is 0.277 e. The highest BCUT2D eigenvalue weighted by Crippen LogP contribution is 2.28. The molecule has 2 aromatic rings. The first-order valence-electron chi connectivity index (χ1n) is 7.39. The van der Waals surface area contributed by atoms with Crippen molar-refractivity contribution >= 4 is 39.4 Å². The molecule has 23 heavy (non-hydrogen) atoms. The number of hydrazone groups is 1. The van der Waals surface area contributed by atoms with Gasteiger partial charge in [-0.15, -0.1) is 11.3 Å². The summed E-state index contributed by atoms with van der Waals surface area (Å²) < 4.78 is 6.66. The van der Waals surface area contributed by atoms with E-state index >= 15 is 0 Å². The van der Waals surface area contributed by atoms with Gasteiger partial charge in [-0.2, -0.15) is 5.10 Å². The number of para-hydroxylation sites is 1. The van der Waals surface area contributed by atoms with Gasteiger partial charge in [0.15, 0.2) is 6.61 Å². The second kappa shape index (κ2) is 8.84. The SMILES string of the molecule is CCC(C)c1ccccc1OCC(=O)N/N=C/c1ccc(Br)s1. The molecular weight excluding hydrogens is 376 g/mol. The summed E-state index contributed by atoms with van der Waals surface area (Å²) in [7, 11) is 0. The van der Waals surface area contributed by atoms with Gasteiger partial charge in [0.2, 0.25) is 0 Å². The summed E-state index contributed by atoms with van der Waals surface area (Å²) in [6, 6.07) is 11.7. The zero-order valence-corrected chi connectivity index (χ0v) is 15.5. The molecule has 0 fully saturated rings. The summed E-state index contributed by atoms with van der Waals surface area (Å²) in [5, 5.41) is 3.93. The zero-order chi connectivity index (χ0) is 16.7. The lowest BCUT2D eigenvalue weighted by Crippen LogP contribution is -2.24. The Hall–Kier alpha value is -1.66. The van der Waals surface area contributed by atoms with Gasteiger partial charge < -0.3 is 4.74 Å². The lowest BCUT2D eigenvalue weighted by atomic mass is 9.98. The van der Waals surface area contributed by atoms with Crippen LogP contribution in [-0.2, 0) is 4.79 Å². The van der Waals surface area contributed by atoms with Crippen LogP contribution in [0, 0.1) is 0 Å². The van der Waals surface area contributed by atoms with Gasteiger partial charge in [0, 0.05) is 4.88 Å². The fraction of sp³-hybridized carbons (Fsp3) is 0.294. The first kappa shape index (κ1) is 17.7. The van der Waals surface area contributed by atoms with Gasteiger partial charge in [0.25, 0.3) is 5.91 Å². The van der Waals surface area contributed by atoms with Gasteiger partial charge in [-0.1, -0.05) is 32.0 Å².